The molecule has 2 aromatic carbocycles. The van der Waals surface area contributed by atoms with Crippen LogP contribution in [-0.4, -0.2) is 30.4 Å². The van der Waals surface area contributed by atoms with Crippen molar-refractivity contribution in [3.63, 3.8) is 0 Å². The number of nitrogens with one attached hydrogen (secondary N) is 1. The average Bonchev–Trinajstić information content (AvgIpc) is 2.58. The number of benzene rings is 2. The number of aromatic hydroxyl groups is 1. The number of fused-ring (bicyclic) bond motifs is 1. The van der Waals surface area contributed by atoms with Crippen molar-refractivity contribution in [3.8, 4) is 17.2 Å². The number of hydrazone groups is 1. The van der Waals surface area contributed by atoms with E-state index in [4.69, 9.17) is 9.47 Å². The van der Waals surface area contributed by atoms with Crippen molar-refractivity contribution in [3.05, 3.63) is 49.5 Å². The van der Waals surface area contributed by atoms with Gasteiger partial charge in [-0.1, -0.05) is 15.9 Å². The normalized spacial score (nSPS) is 13.1. The van der Waals surface area contributed by atoms with Crippen LogP contribution in [0.4, 0.5) is 0 Å². The van der Waals surface area contributed by atoms with Crippen molar-refractivity contribution in [2.45, 2.75) is 0 Å². The van der Waals surface area contributed by atoms with Crippen LogP contribution < -0.4 is 14.9 Å². The number of carbonyl (C=O) groups excluding carboxylic acids is 1. The number of phenolic OH excluding ortho intramolecular Hbond substituents is 1. The SMILES string of the molecule is O=C(NN=Cc1cc(Br)cc(I)c1O)c1ccc2c(c1)OCCO2. The largest absolute Gasteiger partial charge is 0.506 e. The van der Waals surface area contributed by atoms with E-state index < -0.39 is 0 Å². The summed E-state index contributed by atoms with van der Waals surface area (Å²) in [4.78, 5) is 12.1. The summed E-state index contributed by atoms with van der Waals surface area (Å²) in [5.74, 6) is 0.885. The third kappa shape index (κ3) is 3.81. The molecule has 0 unspecified atom stereocenters. The molecule has 0 saturated heterocycles. The summed E-state index contributed by atoms with van der Waals surface area (Å²) >= 11 is 5.36. The Labute approximate surface area is 160 Å². The van der Waals surface area contributed by atoms with Gasteiger partial charge < -0.3 is 14.6 Å². The molecular weight excluding hydrogens is 491 g/mol. The zero-order chi connectivity index (χ0) is 17.1. The number of hydrogen-bond acceptors (Lipinski definition) is 5. The predicted molar refractivity (Wildman–Crippen MR) is 101 cm³/mol. The van der Waals surface area contributed by atoms with Crippen LogP contribution in [0.3, 0.4) is 0 Å². The third-order valence-electron chi connectivity index (χ3n) is 3.23. The van der Waals surface area contributed by atoms with Gasteiger partial charge in [0.1, 0.15) is 19.0 Å². The van der Waals surface area contributed by atoms with Gasteiger partial charge in [-0.25, -0.2) is 5.43 Å². The minimum absolute atomic E-state index is 0.108. The maximum absolute atomic E-state index is 12.1. The molecule has 6 nitrogen and oxygen atoms in total. The van der Waals surface area contributed by atoms with Crippen LogP contribution in [0.2, 0.25) is 0 Å². The van der Waals surface area contributed by atoms with Gasteiger partial charge in [0, 0.05) is 15.6 Å². The molecule has 0 saturated carbocycles. The highest BCUT2D eigenvalue weighted by Crippen LogP contribution is 2.30. The van der Waals surface area contributed by atoms with Crippen molar-refractivity contribution in [2.75, 3.05) is 13.2 Å². The number of ether oxygens (including phenoxy) is 2. The fraction of sp³-hybridized carbons (Fsp3) is 0.125. The lowest BCUT2D eigenvalue weighted by atomic mass is 10.2. The van der Waals surface area contributed by atoms with E-state index >= 15 is 0 Å². The molecule has 1 aliphatic heterocycles. The summed E-state index contributed by atoms with van der Waals surface area (Å²) in [6.45, 7) is 0.953. The lowest BCUT2D eigenvalue weighted by molar-refractivity contribution is 0.0954. The van der Waals surface area contributed by atoms with Crippen LogP contribution in [-0.2, 0) is 0 Å². The minimum atomic E-state index is -0.382. The fourth-order valence-corrected chi connectivity index (χ4v) is 3.64. The summed E-state index contributed by atoms with van der Waals surface area (Å²) in [7, 11) is 0. The molecule has 24 heavy (non-hydrogen) atoms. The van der Waals surface area contributed by atoms with E-state index in [0.29, 0.717) is 39.4 Å². The average molecular weight is 503 g/mol. The number of nitrogens with zero attached hydrogens (tertiary/aromatic N) is 1. The van der Waals surface area contributed by atoms with Crippen LogP contribution in [0.5, 0.6) is 17.2 Å². The Morgan fingerprint density at radius 1 is 1.25 bits per heavy atom. The molecule has 2 N–H and O–H groups in total. The van der Waals surface area contributed by atoms with Crippen LogP contribution in [0.25, 0.3) is 0 Å². The van der Waals surface area contributed by atoms with Gasteiger partial charge in [0.2, 0.25) is 0 Å². The summed E-state index contributed by atoms with van der Waals surface area (Å²) < 4.78 is 12.4. The second-order valence-electron chi connectivity index (χ2n) is 4.88. The lowest BCUT2D eigenvalue weighted by Gasteiger charge is -2.18. The molecule has 1 amide bonds. The van der Waals surface area contributed by atoms with Crippen molar-refractivity contribution < 1.29 is 19.4 Å². The van der Waals surface area contributed by atoms with Crippen LogP contribution in [0.1, 0.15) is 15.9 Å². The third-order valence-corrected chi connectivity index (χ3v) is 4.51. The van der Waals surface area contributed by atoms with Crippen molar-refractivity contribution in [1.82, 2.24) is 5.43 Å². The van der Waals surface area contributed by atoms with Gasteiger partial charge >= 0.3 is 0 Å². The van der Waals surface area contributed by atoms with Gasteiger partial charge in [0.05, 0.1) is 9.78 Å². The first-order valence-corrected chi connectivity index (χ1v) is 8.83. The van der Waals surface area contributed by atoms with Gasteiger partial charge in [-0.15, -0.1) is 0 Å². The Morgan fingerprint density at radius 2 is 2.00 bits per heavy atom. The zero-order valence-corrected chi connectivity index (χ0v) is 16.0. The molecule has 1 aliphatic rings. The van der Waals surface area contributed by atoms with Gasteiger partial charge in [0.25, 0.3) is 5.91 Å². The molecule has 8 heteroatoms. The molecule has 0 atom stereocenters. The van der Waals surface area contributed by atoms with Gasteiger partial charge in [-0.3, -0.25) is 4.79 Å². The second kappa shape index (κ2) is 7.39. The molecule has 124 valence electrons. The van der Waals surface area contributed by atoms with Gasteiger partial charge in [0.15, 0.2) is 11.5 Å². The van der Waals surface area contributed by atoms with E-state index in [1.807, 2.05) is 22.6 Å². The monoisotopic (exact) mass is 502 g/mol. The van der Waals surface area contributed by atoms with E-state index in [1.54, 1.807) is 30.3 Å². The maximum atomic E-state index is 12.1. The highest BCUT2D eigenvalue weighted by Gasteiger charge is 2.14. The van der Waals surface area contributed by atoms with Crippen LogP contribution in [0.15, 0.2) is 39.9 Å². The second-order valence-corrected chi connectivity index (χ2v) is 6.96. The minimum Gasteiger partial charge on any atom is -0.506 e. The first-order chi connectivity index (χ1) is 11.5. The quantitative estimate of drug-likeness (QED) is 0.383. The summed E-state index contributed by atoms with van der Waals surface area (Å²) in [6, 6.07) is 8.42. The van der Waals surface area contributed by atoms with Gasteiger partial charge in [-0.05, 0) is 52.9 Å². The summed E-state index contributed by atoms with van der Waals surface area (Å²) in [6.07, 6.45) is 1.39. The number of rotatable bonds is 3. The molecule has 2 aromatic rings. The Balaban J connectivity index is 1.72. The maximum Gasteiger partial charge on any atom is 0.271 e. The van der Waals surface area contributed by atoms with Crippen molar-refractivity contribution in [2.24, 2.45) is 5.10 Å². The van der Waals surface area contributed by atoms with Gasteiger partial charge in [-0.2, -0.15) is 5.10 Å². The predicted octanol–water partition coefficient (Wildman–Crippen LogP) is 3.29. The van der Waals surface area contributed by atoms with E-state index in [-0.39, 0.29) is 11.7 Å². The first-order valence-electron chi connectivity index (χ1n) is 6.95. The summed E-state index contributed by atoms with van der Waals surface area (Å²) in [5.41, 5.74) is 3.33. The molecule has 3 rings (SSSR count). The molecule has 0 aliphatic carbocycles. The molecule has 0 spiro atoms. The topological polar surface area (TPSA) is 80.2 Å². The molecule has 0 radical (unpaired) electrons. The molecule has 0 aromatic heterocycles. The van der Waals surface area contributed by atoms with E-state index in [1.165, 1.54) is 6.21 Å². The number of halogens is 2. The molecule has 1 heterocycles. The Hall–Kier alpha value is -1.81. The Kier molecular flexibility index (Phi) is 5.24. The standard InChI is InChI=1S/C16H12BrIN2O4/c17-11-5-10(15(21)12(18)7-11)8-19-20-16(22)9-1-2-13-14(6-9)24-4-3-23-13/h1-2,5-8,21H,3-4H2,(H,20,22). The van der Waals surface area contributed by atoms with Crippen LogP contribution >= 0.6 is 38.5 Å². The summed E-state index contributed by atoms with van der Waals surface area (Å²) in [5, 5.41) is 13.9. The number of amides is 1. The number of phenols is 1. The number of carbonyl (C=O) groups is 1. The van der Waals surface area contributed by atoms with E-state index in [2.05, 4.69) is 26.5 Å². The molecular formula is C16H12BrIN2O4. The number of hydrogen-bond donors (Lipinski definition) is 2. The van der Waals surface area contributed by atoms with E-state index in [0.717, 1.165) is 4.47 Å². The lowest BCUT2D eigenvalue weighted by Crippen LogP contribution is -2.19. The fourth-order valence-electron chi connectivity index (χ4n) is 2.09. The Bertz CT molecular complexity index is 826. The zero-order valence-electron chi connectivity index (χ0n) is 12.3. The first kappa shape index (κ1) is 17.0. The molecule has 0 fully saturated rings. The van der Waals surface area contributed by atoms with E-state index in [9.17, 15) is 9.90 Å². The molecule has 0 bridgehead atoms. The van der Waals surface area contributed by atoms with Crippen molar-refractivity contribution in [1.29, 1.82) is 0 Å². The Morgan fingerprint density at radius 3 is 2.79 bits per heavy atom. The smallest absolute Gasteiger partial charge is 0.271 e. The highest BCUT2D eigenvalue weighted by molar-refractivity contribution is 14.1. The highest BCUT2D eigenvalue weighted by atomic mass is 127. The van der Waals surface area contributed by atoms with Crippen molar-refractivity contribution >= 4 is 50.6 Å². The van der Waals surface area contributed by atoms with Crippen LogP contribution in [0, 0.1) is 3.57 Å².